The maximum atomic E-state index is 13.0. The minimum Gasteiger partial charge on any atom is -0.411 e. The molecule has 0 radical (unpaired) electrons. The van der Waals surface area contributed by atoms with Gasteiger partial charge in [-0.25, -0.2) is 4.39 Å². The number of thioether (sulfide) groups is 1. The van der Waals surface area contributed by atoms with Gasteiger partial charge in [0.05, 0.1) is 11.3 Å². The first-order valence-corrected chi connectivity index (χ1v) is 9.44. The van der Waals surface area contributed by atoms with Crippen molar-refractivity contribution < 1.29 is 13.6 Å². The smallest absolute Gasteiger partial charge is 0.277 e. The zero-order valence-electron chi connectivity index (χ0n) is 15.3. The van der Waals surface area contributed by atoms with Crippen molar-refractivity contribution in [2.75, 3.05) is 0 Å². The summed E-state index contributed by atoms with van der Waals surface area (Å²) in [6, 6.07) is 13.6. The lowest BCUT2D eigenvalue weighted by molar-refractivity contribution is -0.120. The summed E-state index contributed by atoms with van der Waals surface area (Å²) in [6.45, 7) is 5.60. The topological polar surface area (TPSA) is 68.0 Å². The fourth-order valence-electron chi connectivity index (χ4n) is 2.55. The minimum atomic E-state index is -0.418. The van der Waals surface area contributed by atoms with E-state index in [0.29, 0.717) is 11.1 Å². The third-order valence-corrected chi connectivity index (χ3v) is 5.09. The monoisotopic (exact) mass is 385 g/mol. The number of halogens is 1. The van der Waals surface area contributed by atoms with Gasteiger partial charge in [0.1, 0.15) is 5.82 Å². The van der Waals surface area contributed by atoms with Crippen LogP contribution in [0.1, 0.15) is 31.0 Å². The lowest BCUT2D eigenvalue weighted by Gasteiger charge is -2.16. The summed E-state index contributed by atoms with van der Waals surface area (Å²) < 4.78 is 18.7. The molecule has 0 saturated carbocycles. The standard InChI is InChI=1S/C20H20FN3O2S/c1-12-6-4-5-7-17(12)19-23-24-20(26-19)27-14(3)18(25)22-13(2)15-8-10-16(21)11-9-15/h4-11,13-14H,1-3H3,(H,22,25)/t13-,14+/m1/s1. The molecule has 0 aliphatic heterocycles. The molecular weight excluding hydrogens is 365 g/mol. The molecule has 1 heterocycles. The summed E-state index contributed by atoms with van der Waals surface area (Å²) in [5.74, 6) is -0.0302. The van der Waals surface area contributed by atoms with E-state index >= 15 is 0 Å². The van der Waals surface area contributed by atoms with Gasteiger partial charge in [-0.1, -0.05) is 42.1 Å². The Bertz CT molecular complexity index is 927. The van der Waals surface area contributed by atoms with E-state index in [2.05, 4.69) is 15.5 Å². The highest BCUT2D eigenvalue weighted by Gasteiger charge is 2.21. The Hall–Kier alpha value is -2.67. The number of aromatic nitrogens is 2. The molecule has 5 nitrogen and oxygen atoms in total. The maximum Gasteiger partial charge on any atom is 0.277 e. The molecule has 1 N–H and O–H groups in total. The number of hydrogen-bond acceptors (Lipinski definition) is 5. The highest BCUT2D eigenvalue weighted by Crippen LogP contribution is 2.28. The SMILES string of the molecule is Cc1ccccc1-c1nnc(S[C@@H](C)C(=O)N[C@H](C)c2ccc(F)cc2)o1. The average molecular weight is 385 g/mol. The predicted octanol–water partition coefficient (Wildman–Crippen LogP) is 4.54. The molecule has 3 aromatic rings. The average Bonchev–Trinajstić information content (AvgIpc) is 3.10. The molecule has 0 fully saturated rings. The van der Waals surface area contributed by atoms with Crippen LogP contribution in [0.4, 0.5) is 4.39 Å². The van der Waals surface area contributed by atoms with Crippen molar-refractivity contribution in [2.24, 2.45) is 0 Å². The van der Waals surface area contributed by atoms with Crippen molar-refractivity contribution in [3.05, 3.63) is 65.5 Å². The van der Waals surface area contributed by atoms with Crippen LogP contribution in [0.25, 0.3) is 11.5 Å². The molecule has 140 valence electrons. The van der Waals surface area contributed by atoms with Crippen LogP contribution in [0.2, 0.25) is 0 Å². The van der Waals surface area contributed by atoms with Crippen LogP contribution in [0.15, 0.2) is 58.2 Å². The van der Waals surface area contributed by atoms with Gasteiger partial charge in [0.15, 0.2) is 0 Å². The lowest BCUT2D eigenvalue weighted by Crippen LogP contribution is -2.33. The molecule has 0 spiro atoms. The molecule has 0 aliphatic carbocycles. The van der Waals surface area contributed by atoms with Crippen molar-refractivity contribution in [1.29, 1.82) is 0 Å². The van der Waals surface area contributed by atoms with E-state index in [-0.39, 0.29) is 17.8 Å². The van der Waals surface area contributed by atoms with Crippen LogP contribution in [0.5, 0.6) is 0 Å². The van der Waals surface area contributed by atoms with Gasteiger partial charge in [0, 0.05) is 5.56 Å². The Morgan fingerprint density at radius 1 is 1.11 bits per heavy atom. The van der Waals surface area contributed by atoms with Crippen molar-refractivity contribution in [3.8, 4) is 11.5 Å². The molecule has 1 amide bonds. The second-order valence-electron chi connectivity index (χ2n) is 6.23. The van der Waals surface area contributed by atoms with E-state index in [1.807, 2.05) is 38.1 Å². The van der Waals surface area contributed by atoms with Gasteiger partial charge in [-0.3, -0.25) is 4.79 Å². The van der Waals surface area contributed by atoms with Gasteiger partial charge in [0.2, 0.25) is 11.8 Å². The summed E-state index contributed by atoms with van der Waals surface area (Å²) in [7, 11) is 0. The number of hydrogen-bond donors (Lipinski definition) is 1. The van der Waals surface area contributed by atoms with E-state index in [9.17, 15) is 9.18 Å². The van der Waals surface area contributed by atoms with Crippen molar-refractivity contribution >= 4 is 17.7 Å². The molecule has 0 unspecified atom stereocenters. The first-order chi connectivity index (χ1) is 12.9. The highest BCUT2D eigenvalue weighted by atomic mass is 32.2. The highest BCUT2D eigenvalue weighted by molar-refractivity contribution is 8.00. The Morgan fingerprint density at radius 2 is 1.81 bits per heavy atom. The van der Waals surface area contributed by atoms with Gasteiger partial charge < -0.3 is 9.73 Å². The van der Waals surface area contributed by atoms with E-state index in [1.165, 1.54) is 23.9 Å². The quantitative estimate of drug-likeness (QED) is 0.631. The van der Waals surface area contributed by atoms with E-state index < -0.39 is 5.25 Å². The van der Waals surface area contributed by atoms with Crippen molar-refractivity contribution in [3.63, 3.8) is 0 Å². The summed E-state index contributed by atoms with van der Waals surface area (Å²) in [5, 5.41) is 10.9. The zero-order valence-corrected chi connectivity index (χ0v) is 16.1. The van der Waals surface area contributed by atoms with Gasteiger partial charge in [-0.2, -0.15) is 0 Å². The van der Waals surface area contributed by atoms with Crippen LogP contribution >= 0.6 is 11.8 Å². The molecule has 2 atom stereocenters. The Balaban J connectivity index is 1.61. The third-order valence-electron chi connectivity index (χ3n) is 4.16. The Morgan fingerprint density at radius 3 is 2.52 bits per heavy atom. The van der Waals surface area contributed by atoms with Crippen molar-refractivity contribution in [2.45, 2.75) is 37.3 Å². The zero-order chi connectivity index (χ0) is 19.4. The van der Waals surface area contributed by atoms with E-state index in [0.717, 1.165) is 16.7 Å². The number of nitrogens with one attached hydrogen (secondary N) is 1. The summed E-state index contributed by atoms with van der Waals surface area (Å²) >= 11 is 1.20. The molecule has 1 aromatic heterocycles. The molecule has 3 rings (SSSR count). The summed E-state index contributed by atoms with van der Waals surface area (Å²) in [5.41, 5.74) is 2.75. The second kappa shape index (κ2) is 8.35. The number of rotatable bonds is 6. The van der Waals surface area contributed by atoms with Gasteiger partial charge >= 0.3 is 0 Å². The number of nitrogens with zero attached hydrogens (tertiary/aromatic N) is 2. The van der Waals surface area contributed by atoms with E-state index in [1.54, 1.807) is 19.1 Å². The van der Waals surface area contributed by atoms with Gasteiger partial charge in [0.25, 0.3) is 5.22 Å². The maximum absolute atomic E-state index is 13.0. The molecule has 27 heavy (non-hydrogen) atoms. The number of aryl methyl sites for hydroxylation is 1. The Kier molecular flexibility index (Phi) is 5.91. The van der Waals surface area contributed by atoms with Crippen LogP contribution in [-0.4, -0.2) is 21.4 Å². The van der Waals surface area contributed by atoms with Gasteiger partial charge in [-0.15, -0.1) is 10.2 Å². The normalized spacial score (nSPS) is 13.2. The first-order valence-electron chi connectivity index (χ1n) is 8.56. The largest absolute Gasteiger partial charge is 0.411 e. The minimum absolute atomic E-state index is 0.160. The van der Waals surface area contributed by atoms with Crippen LogP contribution in [-0.2, 0) is 4.79 Å². The molecule has 0 saturated heterocycles. The van der Waals surface area contributed by atoms with Crippen LogP contribution < -0.4 is 5.32 Å². The molecule has 0 bridgehead atoms. The Labute approximate surface area is 161 Å². The number of carbonyl (C=O) groups excluding carboxylic acids is 1. The van der Waals surface area contributed by atoms with Gasteiger partial charge in [-0.05, 0) is 50.1 Å². The summed E-state index contributed by atoms with van der Waals surface area (Å²) in [6.07, 6.45) is 0. The van der Waals surface area contributed by atoms with Crippen LogP contribution in [0, 0.1) is 12.7 Å². The molecular formula is C20H20FN3O2S. The number of benzene rings is 2. The molecule has 7 heteroatoms. The number of carbonyl (C=O) groups is 1. The third kappa shape index (κ3) is 4.74. The first kappa shape index (κ1) is 19.1. The van der Waals surface area contributed by atoms with Crippen LogP contribution in [0.3, 0.4) is 0 Å². The fraction of sp³-hybridized carbons (Fsp3) is 0.250. The lowest BCUT2D eigenvalue weighted by atomic mass is 10.1. The summed E-state index contributed by atoms with van der Waals surface area (Å²) in [4.78, 5) is 12.4. The van der Waals surface area contributed by atoms with Crippen molar-refractivity contribution in [1.82, 2.24) is 15.5 Å². The predicted molar refractivity (Wildman–Crippen MR) is 103 cm³/mol. The molecule has 0 aliphatic rings. The van der Waals surface area contributed by atoms with E-state index in [4.69, 9.17) is 4.42 Å². The molecule has 2 aromatic carbocycles. The second-order valence-corrected chi connectivity index (χ2v) is 7.52. The number of amides is 1. The fourth-order valence-corrected chi connectivity index (χ4v) is 3.24.